The zero-order valence-corrected chi connectivity index (χ0v) is 12.9. The second-order valence-corrected chi connectivity index (χ2v) is 5.18. The number of ether oxygens (including phenoxy) is 1. The largest absolute Gasteiger partial charge is 0.497 e. The van der Waals surface area contributed by atoms with Crippen molar-refractivity contribution in [2.75, 3.05) is 7.11 Å². The second kappa shape index (κ2) is 5.28. The summed E-state index contributed by atoms with van der Waals surface area (Å²) in [7, 11) is 4.33. The number of rotatable bonds is 2. The summed E-state index contributed by atoms with van der Waals surface area (Å²) in [6, 6.07) is 5.41. The van der Waals surface area contributed by atoms with Gasteiger partial charge in [0.05, 0.1) is 12.8 Å². The number of methoxy groups -OCH3 is 1. The molecule has 2 heterocycles. The third-order valence-electron chi connectivity index (χ3n) is 3.82. The van der Waals surface area contributed by atoms with E-state index in [0.29, 0.717) is 11.3 Å². The molecule has 23 heavy (non-hydrogen) atoms. The maximum Gasteiger partial charge on any atom is 0.333 e. The van der Waals surface area contributed by atoms with Crippen LogP contribution in [0.1, 0.15) is 11.1 Å². The molecule has 0 bridgehead atoms. The number of benzene rings is 1. The number of aromatic hydroxyl groups is 1. The molecule has 0 spiro atoms. The molecule has 3 rings (SSSR count). The van der Waals surface area contributed by atoms with Crippen molar-refractivity contribution in [3.8, 4) is 11.6 Å². The Kier molecular flexibility index (Phi) is 3.40. The Labute approximate surface area is 131 Å². The summed E-state index contributed by atoms with van der Waals surface area (Å²) in [5.41, 5.74) is 1.08. The van der Waals surface area contributed by atoms with Gasteiger partial charge in [-0.1, -0.05) is 0 Å². The molecule has 2 aromatic rings. The number of hydrogen-bond acceptors (Lipinski definition) is 5. The van der Waals surface area contributed by atoms with Gasteiger partial charge in [-0.2, -0.15) is 0 Å². The Morgan fingerprint density at radius 1 is 1.22 bits per heavy atom. The highest BCUT2D eigenvalue weighted by atomic mass is 16.5. The summed E-state index contributed by atoms with van der Waals surface area (Å²) in [6.45, 7) is 0. The van der Waals surface area contributed by atoms with Gasteiger partial charge in [0, 0.05) is 31.4 Å². The molecule has 1 aliphatic heterocycles. The molecule has 0 fully saturated rings. The smallest absolute Gasteiger partial charge is 0.333 e. The summed E-state index contributed by atoms with van der Waals surface area (Å²) >= 11 is 0. The normalized spacial score (nSPS) is 14.3. The van der Waals surface area contributed by atoms with E-state index in [1.807, 2.05) is 6.07 Å². The van der Waals surface area contributed by atoms with Gasteiger partial charge in [0.15, 0.2) is 0 Å². The van der Waals surface area contributed by atoms with Crippen molar-refractivity contribution in [2.45, 2.75) is 0 Å². The van der Waals surface area contributed by atoms with Crippen molar-refractivity contribution in [2.24, 2.45) is 19.1 Å². The van der Waals surface area contributed by atoms with Crippen LogP contribution in [0.5, 0.6) is 11.6 Å². The topological polar surface area (TPSA) is 85.8 Å². The Hall–Kier alpha value is -3.09. The van der Waals surface area contributed by atoms with Crippen LogP contribution < -0.4 is 16.0 Å². The molecule has 1 N–H and O–H groups in total. The molecule has 0 aliphatic carbocycles. The average Bonchev–Trinajstić information content (AvgIpc) is 2.97. The van der Waals surface area contributed by atoms with Gasteiger partial charge in [-0.3, -0.25) is 18.9 Å². The van der Waals surface area contributed by atoms with E-state index < -0.39 is 11.2 Å². The lowest BCUT2D eigenvalue weighted by atomic mass is 10.0. The zero-order chi connectivity index (χ0) is 16.7. The van der Waals surface area contributed by atoms with Crippen molar-refractivity contribution in [1.82, 2.24) is 9.13 Å². The molecule has 0 amide bonds. The van der Waals surface area contributed by atoms with Crippen LogP contribution in [-0.4, -0.2) is 27.6 Å². The van der Waals surface area contributed by atoms with Crippen molar-refractivity contribution in [3.05, 3.63) is 50.2 Å². The van der Waals surface area contributed by atoms with Gasteiger partial charge in [-0.15, -0.1) is 0 Å². The number of allylic oxidation sites excluding steroid dienone is 1. The van der Waals surface area contributed by atoms with E-state index in [2.05, 4.69) is 4.99 Å². The van der Waals surface area contributed by atoms with Crippen LogP contribution in [0.2, 0.25) is 0 Å². The molecule has 0 atom stereocenters. The Balaban J connectivity index is 2.22. The molecule has 7 heteroatoms. The minimum atomic E-state index is -0.586. The highest BCUT2D eigenvalue weighted by molar-refractivity contribution is 6.21. The minimum absolute atomic E-state index is 0.0340. The number of aromatic nitrogens is 2. The van der Waals surface area contributed by atoms with Crippen LogP contribution >= 0.6 is 0 Å². The highest BCUT2D eigenvalue weighted by Crippen LogP contribution is 2.35. The van der Waals surface area contributed by atoms with Gasteiger partial charge in [0.25, 0.3) is 5.56 Å². The summed E-state index contributed by atoms with van der Waals surface area (Å²) in [6.07, 6.45) is 3.12. The highest BCUT2D eigenvalue weighted by Gasteiger charge is 2.17. The monoisotopic (exact) mass is 313 g/mol. The summed E-state index contributed by atoms with van der Waals surface area (Å²) in [5, 5.41) is 10.1. The van der Waals surface area contributed by atoms with Gasteiger partial charge in [0.1, 0.15) is 11.3 Å². The first-order chi connectivity index (χ1) is 10.9. The predicted octanol–water partition coefficient (Wildman–Crippen LogP) is 1.05. The Morgan fingerprint density at radius 3 is 2.65 bits per heavy atom. The lowest BCUT2D eigenvalue weighted by Gasteiger charge is -2.08. The molecular weight excluding hydrogens is 298 g/mol. The maximum atomic E-state index is 12.3. The van der Waals surface area contributed by atoms with E-state index in [9.17, 15) is 14.7 Å². The first-order valence-electron chi connectivity index (χ1n) is 6.87. The van der Waals surface area contributed by atoms with Crippen LogP contribution in [0.4, 0.5) is 5.69 Å². The van der Waals surface area contributed by atoms with Gasteiger partial charge >= 0.3 is 5.69 Å². The predicted molar refractivity (Wildman–Crippen MR) is 87.6 cm³/mol. The lowest BCUT2D eigenvalue weighted by Crippen LogP contribution is -2.37. The average molecular weight is 313 g/mol. The van der Waals surface area contributed by atoms with Crippen LogP contribution in [0.25, 0.3) is 11.6 Å². The van der Waals surface area contributed by atoms with Gasteiger partial charge in [-0.05, 0) is 24.3 Å². The molecule has 7 nitrogen and oxygen atoms in total. The SMILES string of the molecule is COc1ccc2c(c1)C(=Cc1c(O)n(C)c(=O)n(C)c1=O)C=N2. The van der Waals surface area contributed by atoms with E-state index >= 15 is 0 Å². The summed E-state index contributed by atoms with van der Waals surface area (Å²) in [5.74, 6) is 0.285. The standard InChI is InChI=1S/C16H15N3O4/c1-18-14(20)12(15(21)19(2)16(18)22)6-9-8-17-13-5-4-10(23-3)7-11(9)13/h4-8,20H,1-3H3. The van der Waals surface area contributed by atoms with Gasteiger partial charge in [0.2, 0.25) is 5.88 Å². The molecule has 0 unspecified atom stereocenters. The van der Waals surface area contributed by atoms with Crippen molar-refractivity contribution < 1.29 is 9.84 Å². The van der Waals surface area contributed by atoms with E-state index in [1.165, 1.54) is 20.2 Å². The molecule has 1 aromatic carbocycles. The van der Waals surface area contributed by atoms with E-state index in [1.54, 1.807) is 25.5 Å². The first kappa shape index (κ1) is 14.8. The second-order valence-electron chi connectivity index (χ2n) is 5.18. The number of hydrogen-bond donors (Lipinski definition) is 1. The lowest BCUT2D eigenvalue weighted by molar-refractivity contribution is 0.410. The number of fused-ring (bicyclic) bond motifs is 1. The van der Waals surface area contributed by atoms with Crippen molar-refractivity contribution >= 4 is 23.6 Å². The molecule has 0 radical (unpaired) electrons. The van der Waals surface area contributed by atoms with Crippen LogP contribution in [0.3, 0.4) is 0 Å². The summed E-state index contributed by atoms with van der Waals surface area (Å²) < 4.78 is 7.17. The van der Waals surface area contributed by atoms with Crippen LogP contribution in [0.15, 0.2) is 32.8 Å². The van der Waals surface area contributed by atoms with Crippen molar-refractivity contribution in [3.63, 3.8) is 0 Å². The zero-order valence-electron chi connectivity index (χ0n) is 12.9. The third-order valence-corrected chi connectivity index (χ3v) is 3.82. The molecule has 118 valence electrons. The van der Waals surface area contributed by atoms with Crippen LogP contribution in [-0.2, 0) is 14.1 Å². The fourth-order valence-corrected chi connectivity index (χ4v) is 2.45. The quantitative estimate of drug-likeness (QED) is 0.898. The minimum Gasteiger partial charge on any atom is -0.497 e. The van der Waals surface area contributed by atoms with Gasteiger partial charge < -0.3 is 9.84 Å². The maximum absolute atomic E-state index is 12.3. The van der Waals surface area contributed by atoms with E-state index in [4.69, 9.17) is 4.74 Å². The molecular formula is C16H15N3O4. The number of aliphatic imine (C=N–C) groups is 1. The molecule has 1 aliphatic rings. The summed E-state index contributed by atoms with van der Waals surface area (Å²) in [4.78, 5) is 28.3. The third kappa shape index (κ3) is 2.26. The van der Waals surface area contributed by atoms with Crippen molar-refractivity contribution in [1.29, 1.82) is 0 Å². The number of nitrogens with zero attached hydrogens (tertiary/aromatic N) is 3. The van der Waals surface area contributed by atoms with Gasteiger partial charge in [-0.25, -0.2) is 4.79 Å². The fraction of sp³-hybridized carbons (Fsp3) is 0.188. The Bertz CT molecular complexity index is 980. The first-order valence-corrected chi connectivity index (χ1v) is 6.87. The van der Waals surface area contributed by atoms with Crippen LogP contribution in [0, 0.1) is 0 Å². The fourth-order valence-electron chi connectivity index (χ4n) is 2.45. The van der Waals surface area contributed by atoms with E-state index in [-0.39, 0.29) is 11.4 Å². The Morgan fingerprint density at radius 2 is 1.96 bits per heavy atom. The molecule has 1 aromatic heterocycles. The molecule has 0 saturated carbocycles. The molecule has 0 saturated heterocycles. The van der Waals surface area contributed by atoms with E-state index in [0.717, 1.165) is 20.4 Å².